The van der Waals surface area contributed by atoms with Crippen LogP contribution in [0.4, 0.5) is 0 Å². The third-order valence-corrected chi connectivity index (χ3v) is 6.41. The highest BCUT2D eigenvalue weighted by molar-refractivity contribution is 5.92. The predicted molar refractivity (Wildman–Crippen MR) is 124 cm³/mol. The number of hydrogen-bond donors (Lipinski definition) is 1. The Morgan fingerprint density at radius 3 is 1.30 bits per heavy atom. The van der Waals surface area contributed by atoms with E-state index in [4.69, 9.17) is 43.0 Å². The van der Waals surface area contributed by atoms with Crippen LogP contribution in [0.5, 0.6) is 0 Å². The zero-order chi connectivity index (χ0) is 28.8. The Morgan fingerprint density at radius 1 is 0.600 bits per heavy atom. The van der Waals surface area contributed by atoms with Crippen LogP contribution in [0.15, 0.2) is 24.3 Å². The molecule has 0 aromatic rings. The summed E-state index contributed by atoms with van der Waals surface area (Å²) in [6.45, 7) is 1.34. The maximum absolute atomic E-state index is 12.3. The van der Waals surface area contributed by atoms with Crippen molar-refractivity contribution < 1.29 is 71.8 Å². The molecule has 15 heteroatoms. The molecule has 0 aliphatic carbocycles. The minimum atomic E-state index is -1.30. The number of carbonyl (C=O) groups is 6. The molecule has 1 N–H and O–H groups in total. The molecule has 0 bridgehead atoms. The van der Waals surface area contributed by atoms with Crippen LogP contribution in [-0.4, -0.2) is 116 Å². The van der Waals surface area contributed by atoms with Gasteiger partial charge in [-0.1, -0.05) is 0 Å². The Kier molecular flexibility index (Phi) is 9.63. The molecule has 4 saturated heterocycles. The molecule has 0 unspecified atom stereocenters. The van der Waals surface area contributed by atoms with E-state index < -0.39 is 78.7 Å². The highest BCUT2D eigenvalue weighted by Gasteiger charge is 2.52. The number of rotatable bonds is 11. The van der Waals surface area contributed by atoms with E-state index in [1.54, 1.807) is 0 Å². The van der Waals surface area contributed by atoms with Gasteiger partial charge in [-0.25, -0.2) is 19.2 Å². The fraction of sp³-hybridized carbons (Fsp3) is 0.600. The molecule has 15 nitrogen and oxygen atoms in total. The summed E-state index contributed by atoms with van der Waals surface area (Å²) in [7, 11) is 0. The van der Waals surface area contributed by atoms with Crippen LogP contribution in [-0.2, 0) is 66.7 Å². The molecular formula is C25H28O15. The number of hydrogen-bond acceptors (Lipinski definition) is 14. The number of esters is 4. The zero-order valence-corrected chi connectivity index (χ0v) is 21.3. The van der Waals surface area contributed by atoms with Gasteiger partial charge in [-0.3, -0.25) is 4.79 Å². The van der Waals surface area contributed by atoms with Crippen molar-refractivity contribution in [3.05, 3.63) is 24.3 Å². The lowest BCUT2D eigenvalue weighted by atomic mass is 10.1. The van der Waals surface area contributed by atoms with E-state index in [0.29, 0.717) is 6.08 Å². The van der Waals surface area contributed by atoms with E-state index in [0.717, 1.165) is 18.2 Å². The van der Waals surface area contributed by atoms with Crippen molar-refractivity contribution in [1.82, 2.24) is 0 Å². The molecule has 0 aromatic carbocycles. The third-order valence-electron chi connectivity index (χ3n) is 6.41. The quantitative estimate of drug-likeness (QED) is 0.177. The number of ether oxygens (including phenoxy) is 8. The SMILES string of the molecule is CC(=O)CCC(=O)O[C@H]1CO[C@H]2[C@@H]1OC[C@@H]2OC(=O)/C=C\C(=O)O[C@H]1CO[C@H]2[C@@H]1OC[C@@H]2OC(=O)/C=C\C(=O)O. The molecular weight excluding hydrogens is 540 g/mol. The molecule has 4 heterocycles. The summed E-state index contributed by atoms with van der Waals surface area (Å²) in [5, 5.41) is 8.58. The number of carboxylic acid groups (broad SMARTS) is 1. The maximum Gasteiger partial charge on any atom is 0.331 e. The summed E-state index contributed by atoms with van der Waals surface area (Å²) in [6, 6.07) is 0. The molecule has 8 atom stereocenters. The monoisotopic (exact) mass is 568 g/mol. The Morgan fingerprint density at radius 2 is 0.950 bits per heavy atom. The van der Waals surface area contributed by atoms with Gasteiger partial charge >= 0.3 is 29.8 Å². The fourth-order valence-electron chi connectivity index (χ4n) is 4.61. The van der Waals surface area contributed by atoms with E-state index in [1.807, 2.05) is 0 Å². The molecule has 0 radical (unpaired) electrons. The third kappa shape index (κ3) is 7.50. The summed E-state index contributed by atoms with van der Waals surface area (Å²) in [4.78, 5) is 69.7. The second-order valence-electron chi connectivity index (χ2n) is 9.35. The summed E-state index contributed by atoms with van der Waals surface area (Å²) in [6.07, 6.45) is -2.69. The van der Waals surface area contributed by atoms with Gasteiger partial charge < -0.3 is 47.8 Å². The first-order chi connectivity index (χ1) is 19.1. The van der Waals surface area contributed by atoms with Crippen molar-refractivity contribution in [2.45, 2.75) is 68.6 Å². The average molecular weight is 568 g/mol. The van der Waals surface area contributed by atoms with Crippen molar-refractivity contribution >= 4 is 35.6 Å². The number of ketones is 1. The Balaban J connectivity index is 1.19. The van der Waals surface area contributed by atoms with Gasteiger partial charge in [-0.15, -0.1) is 0 Å². The van der Waals surface area contributed by atoms with Crippen molar-refractivity contribution in [1.29, 1.82) is 0 Å². The molecule has 0 aromatic heterocycles. The molecule has 218 valence electrons. The molecule has 4 aliphatic heterocycles. The van der Waals surface area contributed by atoms with Gasteiger partial charge in [0.1, 0.15) is 30.2 Å². The van der Waals surface area contributed by atoms with Crippen LogP contribution in [0.1, 0.15) is 19.8 Å². The van der Waals surface area contributed by atoms with Crippen LogP contribution in [0, 0.1) is 0 Å². The molecule has 40 heavy (non-hydrogen) atoms. The van der Waals surface area contributed by atoms with E-state index in [-0.39, 0.29) is 45.1 Å². The highest BCUT2D eigenvalue weighted by atomic mass is 16.7. The van der Waals surface area contributed by atoms with Crippen molar-refractivity contribution in [3.63, 3.8) is 0 Å². The fourth-order valence-corrected chi connectivity index (χ4v) is 4.61. The van der Waals surface area contributed by atoms with Crippen LogP contribution in [0.25, 0.3) is 0 Å². The van der Waals surface area contributed by atoms with Gasteiger partial charge in [-0.05, 0) is 6.92 Å². The van der Waals surface area contributed by atoms with Crippen LogP contribution in [0.2, 0.25) is 0 Å². The lowest BCUT2D eigenvalue weighted by molar-refractivity contribution is -0.155. The molecule has 0 spiro atoms. The number of fused-ring (bicyclic) bond motifs is 2. The number of aliphatic carboxylic acids is 1. The second-order valence-corrected chi connectivity index (χ2v) is 9.35. The number of carbonyl (C=O) groups excluding carboxylic acids is 5. The molecule has 4 fully saturated rings. The van der Waals surface area contributed by atoms with Gasteiger partial charge in [-0.2, -0.15) is 0 Å². The summed E-state index contributed by atoms with van der Waals surface area (Å²) in [5.41, 5.74) is 0. The zero-order valence-electron chi connectivity index (χ0n) is 21.3. The standard InChI is InChI=1S/C25H28O15/c1-12(26)2-4-18(29)37-13-8-33-24-15(10-35-22(13)24)39-20(31)6-7-21(32)40-16-11-36-23-14(9-34-25(16)23)38-19(30)5-3-17(27)28/h3,5-7,13-16,22-25H,2,4,8-11H2,1H3,(H,27,28)/b5-3-,7-6-/t13-,14-,15-,16-,22+,23+,24+,25+/m0/s1. The first-order valence-electron chi connectivity index (χ1n) is 12.5. The van der Waals surface area contributed by atoms with Crippen LogP contribution in [0.3, 0.4) is 0 Å². The minimum Gasteiger partial charge on any atom is -0.478 e. The van der Waals surface area contributed by atoms with E-state index >= 15 is 0 Å². The first-order valence-corrected chi connectivity index (χ1v) is 12.5. The normalized spacial score (nSPS) is 32.5. The predicted octanol–water partition coefficient (Wildman–Crippen LogP) is -1.20. The smallest absolute Gasteiger partial charge is 0.331 e. The van der Waals surface area contributed by atoms with Crippen LogP contribution < -0.4 is 0 Å². The molecule has 0 amide bonds. The lowest BCUT2D eigenvalue weighted by Gasteiger charge is -2.17. The first kappa shape index (κ1) is 29.3. The largest absolute Gasteiger partial charge is 0.478 e. The second kappa shape index (κ2) is 13.1. The lowest BCUT2D eigenvalue weighted by Crippen LogP contribution is -2.36. The van der Waals surface area contributed by atoms with E-state index in [1.165, 1.54) is 6.92 Å². The van der Waals surface area contributed by atoms with Gasteiger partial charge in [0, 0.05) is 30.7 Å². The summed E-state index contributed by atoms with van der Waals surface area (Å²) < 4.78 is 43.3. The molecule has 4 rings (SSSR count). The molecule has 0 saturated carbocycles. The highest BCUT2D eigenvalue weighted by Crippen LogP contribution is 2.32. The maximum atomic E-state index is 12.3. The molecule has 4 aliphatic rings. The Hall–Kier alpha value is -3.66. The van der Waals surface area contributed by atoms with E-state index in [9.17, 15) is 28.8 Å². The van der Waals surface area contributed by atoms with Crippen molar-refractivity contribution in [2.75, 3.05) is 26.4 Å². The number of carboxylic acids is 1. The number of Topliss-reactive ketones (excluding diaryl/α,β-unsaturated/α-hetero) is 1. The minimum absolute atomic E-state index is 0.00147. The summed E-state index contributed by atoms with van der Waals surface area (Å²) >= 11 is 0. The van der Waals surface area contributed by atoms with Gasteiger partial charge in [0.15, 0.2) is 24.4 Å². The van der Waals surface area contributed by atoms with Crippen molar-refractivity contribution in [2.24, 2.45) is 0 Å². The summed E-state index contributed by atoms with van der Waals surface area (Å²) in [5.74, 6) is -4.59. The topological polar surface area (TPSA) is 196 Å². The Bertz CT molecular complexity index is 1080. The van der Waals surface area contributed by atoms with Gasteiger partial charge in [0.05, 0.1) is 32.8 Å². The Labute approximate surface area is 227 Å². The van der Waals surface area contributed by atoms with Crippen LogP contribution >= 0.6 is 0 Å². The van der Waals surface area contributed by atoms with Gasteiger partial charge in [0.25, 0.3) is 0 Å². The van der Waals surface area contributed by atoms with Crippen molar-refractivity contribution in [3.8, 4) is 0 Å². The van der Waals surface area contributed by atoms with E-state index in [2.05, 4.69) is 0 Å². The average Bonchev–Trinajstić information content (AvgIpc) is 3.66. The van der Waals surface area contributed by atoms with Gasteiger partial charge in [0.2, 0.25) is 0 Å².